The van der Waals surface area contributed by atoms with Gasteiger partial charge >= 0.3 is 0 Å². The van der Waals surface area contributed by atoms with Crippen molar-refractivity contribution >= 4 is 5.91 Å². The van der Waals surface area contributed by atoms with Gasteiger partial charge < -0.3 is 19.1 Å². The van der Waals surface area contributed by atoms with E-state index in [-0.39, 0.29) is 29.9 Å². The van der Waals surface area contributed by atoms with Crippen molar-refractivity contribution in [2.45, 2.75) is 38.0 Å². The minimum absolute atomic E-state index is 0.0175. The Morgan fingerprint density at radius 2 is 2.26 bits per heavy atom. The monoisotopic (exact) mass is 323 g/mol. The highest BCUT2D eigenvalue weighted by Gasteiger charge is 2.45. The molecule has 2 fully saturated rings. The van der Waals surface area contributed by atoms with Crippen LogP contribution in [0.1, 0.15) is 30.1 Å². The third-order valence-electron chi connectivity index (χ3n) is 4.58. The molecule has 0 N–H and O–H groups in total. The summed E-state index contributed by atoms with van der Waals surface area (Å²) in [6.45, 7) is 3.64. The number of carbonyl (C=O) groups excluding carboxylic acids is 1. The fraction of sp³-hybridized carbons (Fsp3) is 0.588. The Labute approximate surface area is 135 Å². The van der Waals surface area contributed by atoms with Crippen LogP contribution in [0.5, 0.6) is 5.75 Å². The number of carbonyl (C=O) groups is 1. The molecule has 5 nitrogen and oxygen atoms in total. The molecule has 1 amide bonds. The van der Waals surface area contributed by atoms with Crippen molar-refractivity contribution in [3.05, 3.63) is 29.6 Å². The first kappa shape index (κ1) is 16.2. The molecule has 0 bridgehead atoms. The zero-order valence-corrected chi connectivity index (χ0v) is 13.5. The maximum Gasteiger partial charge on any atom is 0.254 e. The molecule has 2 aliphatic rings. The highest BCUT2D eigenvalue weighted by Crippen LogP contribution is 2.33. The first-order valence-corrected chi connectivity index (χ1v) is 8.03. The van der Waals surface area contributed by atoms with Gasteiger partial charge in [0.05, 0.1) is 25.9 Å². The van der Waals surface area contributed by atoms with E-state index in [1.54, 1.807) is 0 Å². The summed E-state index contributed by atoms with van der Waals surface area (Å²) in [4.78, 5) is 14.7. The standard InChI is InChI=1S/C17H22FNO4/c1-3-22-14-7-6-13-16(14)23-9-8-19(13)17(20)11-4-5-12(18)15(10-11)21-2/h4-5,10,13-14,16H,3,6-9H2,1-2H3/t13-,14-,16-/m0/s1. The molecule has 3 atom stereocenters. The second-order valence-electron chi connectivity index (χ2n) is 5.82. The molecule has 1 aliphatic heterocycles. The summed E-state index contributed by atoms with van der Waals surface area (Å²) in [5, 5.41) is 0. The van der Waals surface area contributed by atoms with Crippen LogP contribution < -0.4 is 4.74 Å². The predicted octanol–water partition coefficient (Wildman–Crippen LogP) is 2.24. The molecule has 1 heterocycles. The molecule has 1 aromatic rings. The molecule has 0 spiro atoms. The number of nitrogens with zero attached hydrogens (tertiary/aromatic N) is 1. The number of fused-ring (bicyclic) bond motifs is 1. The van der Waals surface area contributed by atoms with Gasteiger partial charge in [-0.25, -0.2) is 4.39 Å². The van der Waals surface area contributed by atoms with Gasteiger partial charge in [-0.2, -0.15) is 0 Å². The summed E-state index contributed by atoms with van der Waals surface area (Å²) < 4.78 is 30.1. The molecular weight excluding hydrogens is 301 g/mol. The van der Waals surface area contributed by atoms with E-state index in [2.05, 4.69) is 0 Å². The van der Waals surface area contributed by atoms with Crippen molar-refractivity contribution in [3.8, 4) is 5.75 Å². The Hall–Kier alpha value is -1.66. The summed E-state index contributed by atoms with van der Waals surface area (Å²) in [6.07, 6.45) is 1.72. The smallest absolute Gasteiger partial charge is 0.254 e. The van der Waals surface area contributed by atoms with E-state index in [1.807, 2.05) is 11.8 Å². The Balaban J connectivity index is 1.79. The average molecular weight is 323 g/mol. The molecule has 1 saturated carbocycles. The third-order valence-corrected chi connectivity index (χ3v) is 4.58. The Morgan fingerprint density at radius 3 is 3.00 bits per heavy atom. The van der Waals surface area contributed by atoms with Gasteiger partial charge in [-0.15, -0.1) is 0 Å². The molecule has 0 radical (unpaired) electrons. The number of ether oxygens (including phenoxy) is 3. The molecule has 126 valence electrons. The van der Waals surface area contributed by atoms with Crippen molar-refractivity contribution < 1.29 is 23.4 Å². The van der Waals surface area contributed by atoms with E-state index in [0.29, 0.717) is 25.3 Å². The molecule has 0 unspecified atom stereocenters. The van der Waals surface area contributed by atoms with Gasteiger partial charge in [0.1, 0.15) is 6.10 Å². The van der Waals surface area contributed by atoms with Gasteiger partial charge in [0, 0.05) is 18.7 Å². The van der Waals surface area contributed by atoms with Crippen LogP contribution in [0.2, 0.25) is 0 Å². The number of hydrogen-bond donors (Lipinski definition) is 0. The van der Waals surface area contributed by atoms with Crippen molar-refractivity contribution in [2.75, 3.05) is 26.9 Å². The van der Waals surface area contributed by atoms with Gasteiger partial charge in [-0.05, 0) is 38.0 Å². The van der Waals surface area contributed by atoms with Crippen LogP contribution in [0.15, 0.2) is 18.2 Å². The zero-order valence-electron chi connectivity index (χ0n) is 13.5. The largest absolute Gasteiger partial charge is 0.494 e. The van der Waals surface area contributed by atoms with Crippen LogP contribution in [0, 0.1) is 5.82 Å². The number of benzene rings is 1. The van der Waals surface area contributed by atoms with E-state index >= 15 is 0 Å². The number of rotatable bonds is 4. The molecule has 1 aliphatic carbocycles. The lowest BCUT2D eigenvalue weighted by Crippen LogP contribution is -2.53. The molecule has 23 heavy (non-hydrogen) atoms. The summed E-state index contributed by atoms with van der Waals surface area (Å²) in [5.41, 5.74) is 0.434. The second-order valence-corrected chi connectivity index (χ2v) is 5.82. The third kappa shape index (κ3) is 3.05. The fourth-order valence-electron chi connectivity index (χ4n) is 3.52. The van der Waals surface area contributed by atoms with Crippen molar-refractivity contribution in [2.24, 2.45) is 0 Å². The van der Waals surface area contributed by atoms with E-state index < -0.39 is 5.82 Å². The van der Waals surface area contributed by atoms with Gasteiger partial charge in [0.2, 0.25) is 0 Å². The van der Waals surface area contributed by atoms with E-state index in [9.17, 15) is 9.18 Å². The van der Waals surface area contributed by atoms with E-state index in [1.165, 1.54) is 25.3 Å². The molecular formula is C17H22FNO4. The quantitative estimate of drug-likeness (QED) is 0.853. The first-order chi connectivity index (χ1) is 11.2. The highest BCUT2D eigenvalue weighted by atomic mass is 19.1. The van der Waals surface area contributed by atoms with Crippen LogP contribution in [0.3, 0.4) is 0 Å². The van der Waals surface area contributed by atoms with Gasteiger partial charge in [-0.1, -0.05) is 0 Å². The predicted molar refractivity (Wildman–Crippen MR) is 82.2 cm³/mol. The summed E-state index contributed by atoms with van der Waals surface area (Å²) >= 11 is 0. The normalized spacial score (nSPS) is 26.9. The SMILES string of the molecule is CCO[C@H]1CC[C@H]2[C@@H]1OCCN2C(=O)c1ccc(F)c(OC)c1. The topological polar surface area (TPSA) is 48.0 Å². The lowest BCUT2D eigenvalue weighted by atomic mass is 10.1. The number of methoxy groups -OCH3 is 1. The molecule has 1 saturated heterocycles. The summed E-state index contributed by atoms with van der Waals surface area (Å²) in [5.74, 6) is -0.501. The van der Waals surface area contributed by atoms with E-state index in [0.717, 1.165) is 12.8 Å². The van der Waals surface area contributed by atoms with E-state index in [4.69, 9.17) is 14.2 Å². The minimum atomic E-state index is -0.471. The van der Waals surface area contributed by atoms with Crippen molar-refractivity contribution in [1.82, 2.24) is 4.90 Å². The number of amides is 1. The number of morpholine rings is 1. The Bertz CT molecular complexity index is 580. The maximum absolute atomic E-state index is 13.5. The molecule has 6 heteroatoms. The van der Waals surface area contributed by atoms with Gasteiger partial charge in [0.25, 0.3) is 5.91 Å². The van der Waals surface area contributed by atoms with Crippen LogP contribution in [0.4, 0.5) is 4.39 Å². The fourth-order valence-corrected chi connectivity index (χ4v) is 3.52. The Kier molecular flexibility index (Phi) is 4.82. The summed E-state index contributed by atoms with van der Waals surface area (Å²) in [7, 11) is 1.39. The van der Waals surface area contributed by atoms with Crippen LogP contribution in [-0.2, 0) is 9.47 Å². The summed E-state index contributed by atoms with van der Waals surface area (Å²) in [6, 6.07) is 4.24. The van der Waals surface area contributed by atoms with Crippen molar-refractivity contribution in [1.29, 1.82) is 0 Å². The average Bonchev–Trinajstić information content (AvgIpc) is 2.98. The van der Waals surface area contributed by atoms with Gasteiger partial charge in [-0.3, -0.25) is 4.79 Å². The van der Waals surface area contributed by atoms with Gasteiger partial charge in [0.15, 0.2) is 11.6 Å². The number of hydrogen-bond acceptors (Lipinski definition) is 4. The number of halogens is 1. The lowest BCUT2D eigenvalue weighted by molar-refractivity contribution is -0.102. The van der Waals surface area contributed by atoms with Crippen LogP contribution >= 0.6 is 0 Å². The zero-order chi connectivity index (χ0) is 16.4. The first-order valence-electron chi connectivity index (χ1n) is 8.03. The molecule has 3 rings (SSSR count). The maximum atomic E-state index is 13.5. The Morgan fingerprint density at radius 1 is 1.43 bits per heavy atom. The lowest BCUT2D eigenvalue weighted by Gasteiger charge is -2.39. The minimum Gasteiger partial charge on any atom is -0.494 e. The molecule has 1 aromatic carbocycles. The highest BCUT2D eigenvalue weighted by molar-refractivity contribution is 5.95. The molecule has 0 aromatic heterocycles. The van der Waals surface area contributed by atoms with Crippen LogP contribution in [-0.4, -0.2) is 55.9 Å². The van der Waals surface area contributed by atoms with Crippen LogP contribution in [0.25, 0.3) is 0 Å². The second kappa shape index (κ2) is 6.84. The van der Waals surface area contributed by atoms with Crippen molar-refractivity contribution in [3.63, 3.8) is 0 Å².